The van der Waals surface area contributed by atoms with Crippen molar-refractivity contribution in [2.24, 2.45) is 0 Å². The molecule has 1 fully saturated rings. The Bertz CT molecular complexity index is 444. The highest BCUT2D eigenvalue weighted by atomic mass is 32.2. The maximum Gasteiger partial charge on any atom is 0.408 e. The van der Waals surface area contributed by atoms with Gasteiger partial charge in [0.1, 0.15) is 12.1 Å². The smallest absolute Gasteiger partial charge is 0.408 e. The summed E-state index contributed by atoms with van der Waals surface area (Å²) in [5.74, 6) is 0. The molecule has 0 spiro atoms. The van der Waals surface area contributed by atoms with Crippen LogP contribution >= 0.6 is 11.8 Å². The zero-order chi connectivity index (χ0) is 12.4. The lowest BCUT2D eigenvalue weighted by Gasteiger charge is -2.10. The van der Waals surface area contributed by atoms with Crippen LogP contribution in [-0.4, -0.2) is 23.4 Å². The Morgan fingerprint density at radius 2 is 2.00 bits per heavy atom. The third-order valence-electron chi connectivity index (χ3n) is 2.53. The number of carbonyl (C=O) groups is 2. The second-order valence-corrected chi connectivity index (χ2v) is 5.04. The molecule has 0 radical (unpaired) electrons. The summed E-state index contributed by atoms with van der Waals surface area (Å²) in [7, 11) is 0. The minimum absolute atomic E-state index is 0.104. The van der Waals surface area contributed by atoms with E-state index in [0.29, 0.717) is 0 Å². The number of rotatable bonds is 2. The van der Waals surface area contributed by atoms with E-state index in [-0.39, 0.29) is 5.12 Å². The van der Waals surface area contributed by atoms with E-state index in [2.05, 4.69) is 5.32 Å². The number of alkyl carbamates (subject to hydrolysis) is 1. The average Bonchev–Trinajstić information content (AvgIpc) is 2.61. The van der Waals surface area contributed by atoms with Gasteiger partial charge in [-0.25, -0.2) is 4.79 Å². The molecule has 1 N–H and O–H groups in total. The van der Waals surface area contributed by atoms with Gasteiger partial charge in [0.25, 0.3) is 0 Å². The average molecular weight is 251 g/mol. The molecule has 1 aromatic carbocycles. The lowest BCUT2D eigenvalue weighted by molar-refractivity contribution is -0.113. The summed E-state index contributed by atoms with van der Waals surface area (Å²) in [6.07, 6.45) is -0.937. The van der Waals surface area contributed by atoms with E-state index in [9.17, 15) is 9.59 Å². The Balaban J connectivity index is 2.02. The molecular weight excluding hydrogens is 238 g/mol. The van der Waals surface area contributed by atoms with Gasteiger partial charge in [-0.3, -0.25) is 4.79 Å². The Labute approximate surface area is 104 Å². The van der Waals surface area contributed by atoms with Crippen molar-refractivity contribution in [2.75, 3.05) is 0 Å². The summed E-state index contributed by atoms with van der Waals surface area (Å²) in [5, 5.41) is 2.40. The van der Waals surface area contributed by atoms with Gasteiger partial charge in [-0.1, -0.05) is 17.7 Å². The van der Waals surface area contributed by atoms with Crippen molar-refractivity contribution in [3.63, 3.8) is 0 Å². The first kappa shape index (κ1) is 12.0. The fourth-order valence-corrected chi connectivity index (χ4v) is 2.43. The van der Waals surface area contributed by atoms with Crippen LogP contribution in [0, 0.1) is 6.92 Å². The van der Waals surface area contributed by atoms with Crippen LogP contribution in [-0.2, 0) is 9.53 Å². The minimum Gasteiger partial charge on any atom is -0.444 e. The zero-order valence-corrected chi connectivity index (χ0v) is 10.4. The number of benzene rings is 1. The number of ether oxygens (including phenoxy) is 1. The molecule has 0 bridgehead atoms. The van der Waals surface area contributed by atoms with Crippen LogP contribution in [0.1, 0.15) is 12.5 Å². The fraction of sp³-hybridized carbons (Fsp3) is 0.333. The summed E-state index contributed by atoms with van der Waals surface area (Å²) in [4.78, 5) is 23.8. The van der Waals surface area contributed by atoms with Gasteiger partial charge >= 0.3 is 6.09 Å². The van der Waals surface area contributed by atoms with Crippen LogP contribution in [0.2, 0.25) is 0 Å². The highest BCUT2D eigenvalue weighted by Gasteiger charge is 2.36. The van der Waals surface area contributed by atoms with Crippen molar-refractivity contribution in [1.29, 1.82) is 0 Å². The van der Waals surface area contributed by atoms with Gasteiger partial charge in [0, 0.05) is 4.90 Å². The molecule has 1 amide bonds. The third kappa shape index (κ3) is 2.79. The zero-order valence-electron chi connectivity index (χ0n) is 9.60. The van der Waals surface area contributed by atoms with Gasteiger partial charge in [-0.2, -0.15) is 0 Å². The number of thioether (sulfide) groups is 1. The Morgan fingerprint density at radius 3 is 2.53 bits per heavy atom. The molecule has 17 heavy (non-hydrogen) atoms. The van der Waals surface area contributed by atoms with Crippen LogP contribution in [0.25, 0.3) is 0 Å². The van der Waals surface area contributed by atoms with Crippen molar-refractivity contribution in [1.82, 2.24) is 5.32 Å². The van der Waals surface area contributed by atoms with E-state index in [1.807, 2.05) is 31.2 Å². The summed E-state index contributed by atoms with van der Waals surface area (Å²) >= 11 is 1.12. The first-order chi connectivity index (χ1) is 8.06. The standard InChI is InChI=1S/C12H13NO3S/c1-7-3-5-9(6-4-7)17-11(14)10-8(2)16-12(15)13-10/h3-6,8,10H,1-2H3,(H,13,15)/t8-,10+/m0/s1. The maximum absolute atomic E-state index is 11.9. The van der Waals surface area contributed by atoms with Gasteiger partial charge < -0.3 is 10.1 Å². The van der Waals surface area contributed by atoms with Gasteiger partial charge in [0.15, 0.2) is 0 Å². The predicted octanol–water partition coefficient (Wildman–Crippen LogP) is 2.11. The molecule has 2 rings (SSSR count). The van der Waals surface area contributed by atoms with Crippen molar-refractivity contribution in [3.8, 4) is 0 Å². The molecule has 90 valence electrons. The van der Waals surface area contributed by atoms with Gasteiger partial charge in [-0.15, -0.1) is 0 Å². The maximum atomic E-state index is 11.9. The third-order valence-corrected chi connectivity index (χ3v) is 3.49. The Kier molecular flexibility index (Phi) is 3.38. The lowest BCUT2D eigenvalue weighted by atomic mass is 10.2. The predicted molar refractivity (Wildman–Crippen MR) is 64.9 cm³/mol. The first-order valence-electron chi connectivity index (χ1n) is 5.32. The van der Waals surface area contributed by atoms with Gasteiger partial charge in [0.05, 0.1) is 0 Å². The topological polar surface area (TPSA) is 55.4 Å². The largest absolute Gasteiger partial charge is 0.444 e. The van der Waals surface area contributed by atoms with E-state index in [1.165, 1.54) is 0 Å². The SMILES string of the molecule is Cc1ccc(SC(=O)[C@@H]2NC(=O)O[C@H]2C)cc1. The number of aryl methyl sites for hydroxylation is 1. The summed E-state index contributed by atoms with van der Waals surface area (Å²) in [6, 6.07) is 7.11. The molecule has 1 heterocycles. The number of hydrogen-bond acceptors (Lipinski definition) is 4. The number of carbonyl (C=O) groups excluding carboxylic acids is 2. The number of nitrogens with one attached hydrogen (secondary N) is 1. The van der Waals surface area contributed by atoms with E-state index in [4.69, 9.17) is 4.74 Å². The van der Waals surface area contributed by atoms with Crippen LogP contribution < -0.4 is 5.32 Å². The molecule has 5 heteroatoms. The second kappa shape index (κ2) is 4.79. The Morgan fingerprint density at radius 1 is 1.35 bits per heavy atom. The van der Waals surface area contributed by atoms with E-state index < -0.39 is 18.2 Å². The van der Waals surface area contributed by atoms with Crippen molar-refractivity contribution < 1.29 is 14.3 Å². The summed E-state index contributed by atoms with van der Waals surface area (Å²) in [6.45, 7) is 3.69. The monoisotopic (exact) mass is 251 g/mol. The second-order valence-electron chi connectivity index (χ2n) is 3.97. The van der Waals surface area contributed by atoms with Gasteiger partial charge in [0.2, 0.25) is 5.12 Å². The van der Waals surface area contributed by atoms with E-state index >= 15 is 0 Å². The van der Waals surface area contributed by atoms with Crippen LogP contribution in [0.4, 0.5) is 4.79 Å². The minimum atomic E-state index is -0.561. The van der Waals surface area contributed by atoms with Crippen molar-refractivity contribution in [2.45, 2.75) is 30.9 Å². The van der Waals surface area contributed by atoms with E-state index in [1.54, 1.807) is 6.92 Å². The normalized spacial score (nSPS) is 23.1. The number of cyclic esters (lactones) is 1. The highest BCUT2D eigenvalue weighted by molar-refractivity contribution is 8.13. The molecule has 1 aliphatic heterocycles. The molecule has 0 aliphatic carbocycles. The lowest BCUT2D eigenvalue weighted by Crippen LogP contribution is -2.36. The summed E-state index contributed by atoms with van der Waals surface area (Å²) < 4.78 is 4.87. The quantitative estimate of drug-likeness (QED) is 0.818. The number of hydrogen-bond donors (Lipinski definition) is 1. The molecule has 0 aromatic heterocycles. The highest BCUT2D eigenvalue weighted by Crippen LogP contribution is 2.23. The molecule has 1 aliphatic rings. The van der Waals surface area contributed by atoms with Crippen molar-refractivity contribution >= 4 is 23.0 Å². The molecular formula is C12H13NO3S. The Hall–Kier alpha value is -1.49. The molecule has 4 nitrogen and oxygen atoms in total. The molecule has 0 unspecified atom stereocenters. The molecule has 2 atom stereocenters. The van der Waals surface area contributed by atoms with Crippen LogP contribution in [0.5, 0.6) is 0 Å². The summed E-state index contributed by atoms with van der Waals surface area (Å²) in [5.41, 5.74) is 1.15. The first-order valence-corrected chi connectivity index (χ1v) is 6.13. The van der Waals surface area contributed by atoms with Crippen molar-refractivity contribution in [3.05, 3.63) is 29.8 Å². The number of amides is 1. The molecule has 0 saturated carbocycles. The van der Waals surface area contributed by atoms with Crippen LogP contribution in [0.3, 0.4) is 0 Å². The van der Waals surface area contributed by atoms with Crippen LogP contribution in [0.15, 0.2) is 29.2 Å². The molecule has 1 aromatic rings. The molecule has 1 saturated heterocycles. The van der Waals surface area contributed by atoms with Gasteiger partial charge in [-0.05, 0) is 37.7 Å². The van der Waals surface area contributed by atoms with E-state index in [0.717, 1.165) is 22.2 Å². The fourth-order valence-electron chi connectivity index (χ4n) is 1.55.